The zero-order valence-corrected chi connectivity index (χ0v) is 15.8. The molecular formula is C23H22NP. The highest BCUT2D eigenvalue weighted by Gasteiger charge is 2.25. The van der Waals surface area contributed by atoms with Gasteiger partial charge in [0.2, 0.25) is 0 Å². The predicted molar refractivity (Wildman–Crippen MR) is 111 cm³/mol. The third kappa shape index (κ3) is 3.32. The number of aryl methyl sites for hydroxylation is 3. The topological polar surface area (TPSA) is 23.8 Å². The third-order valence-corrected chi connectivity index (χ3v) is 8.42. The van der Waals surface area contributed by atoms with E-state index in [0.717, 1.165) is 0 Å². The van der Waals surface area contributed by atoms with Crippen LogP contribution in [-0.2, 0) is 0 Å². The van der Waals surface area contributed by atoms with Gasteiger partial charge in [0.15, 0.2) is 0 Å². The molecule has 3 aromatic carbocycles. The van der Waals surface area contributed by atoms with Crippen LogP contribution < -0.4 is 15.9 Å². The van der Waals surface area contributed by atoms with Crippen molar-refractivity contribution in [3.63, 3.8) is 0 Å². The lowest BCUT2D eigenvalue weighted by molar-refractivity contribution is 1.48. The van der Waals surface area contributed by atoms with Gasteiger partial charge in [-0.2, -0.15) is 5.26 Å². The van der Waals surface area contributed by atoms with Crippen LogP contribution in [0.25, 0.3) is 0 Å². The van der Waals surface area contributed by atoms with Gasteiger partial charge in [0, 0.05) is 5.80 Å². The molecule has 0 aliphatic heterocycles. The summed E-state index contributed by atoms with van der Waals surface area (Å²) in [5.74, 6) is 1.87. The molecule has 25 heavy (non-hydrogen) atoms. The van der Waals surface area contributed by atoms with E-state index in [2.05, 4.69) is 99.6 Å². The second kappa shape index (κ2) is 7.14. The Kier molecular flexibility index (Phi) is 4.93. The van der Waals surface area contributed by atoms with E-state index >= 15 is 0 Å². The van der Waals surface area contributed by atoms with Crippen LogP contribution >= 0.6 is 6.89 Å². The molecule has 124 valence electrons. The minimum Gasteiger partial charge on any atom is -0.193 e. The first kappa shape index (κ1) is 17.3. The fraction of sp³-hybridized carbons (Fsp3) is 0.130. The second-order valence-electron chi connectivity index (χ2n) is 6.49. The molecule has 3 rings (SSSR count). The summed E-state index contributed by atoms with van der Waals surface area (Å²) in [7, 11) is 0. The maximum atomic E-state index is 9.67. The zero-order valence-electron chi connectivity index (χ0n) is 14.9. The maximum absolute atomic E-state index is 9.67. The summed E-state index contributed by atoms with van der Waals surface area (Å²) < 4.78 is 0. The Hall–Kier alpha value is -2.55. The van der Waals surface area contributed by atoms with Crippen molar-refractivity contribution in [2.24, 2.45) is 0 Å². The van der Waals surface area contributed by atoms with Crippen molar-refractivity contribution in [3.8, 4) is 6.07 Å². The minimum absolute atomic E-state index is 1.22. The van der Waals surface area contributed by atoms with Crippen LogP contribution in [0.5, 0.6) is 0 Å². The van der Waals surface area contributed by atoms with E-state index < -0.39 is 6.89 Å². The fourth-order valence-electron chi connectivity index (χ4n) is 3.10. The number of rotatable bonds is 3. The quantitative estimate of drug-likeness (QED) is 0.653. The zero-order chi connectivity index (χ0) is 17.9. The summed E-state index contributed by atoms with van der Waals surface area (Å²) in [6.07, 6.45) is 0. The van der Waals surface area contributed by atoms with Crippen LogP contribution in [0, 0.1) is 32.1 Å². The molecule has 0 heterocycles. The Morgan fingerprint density at radius 3 is 1.12 bits per heavy atom. The summed E-state index contributed by atoms with van der Waals surface area (Å²) in [6.45, 7) is 4.18. The molecule has 0 saturated heterocycles. The first-order valence-corrected chi connectivity index (χ1v) is 10.3. The van der Waals surface area contributed by atoms with Crippen molar-refractivity contribution in [3.05, 3.63) is 89.5 Å². The lowest BCUT2D eigenvalue weighted by atomic mass is 10.2. The highest BCUT2D eigenvalue weighted by molar-refractivity contribution is 7.94. The van der Waals surface area contributed by atoms with Crippen molar-refractivity contribution in [2.75, 3.05) is 0 Å². The Morgan fingerprint density at radius 2 is 0.880 bits per heavy atom. The molecule has 0 bridgehead atoms. The number of hydrogen-bond acceptors (Lipinski definition) is 1. The third-order valence-electron chi connectivity index (χ3n) is 4.58. The molecular weight excluding hydrogens is 321 g/mol. The van der Waals surface area contributed by atoms with Crippen LogP contribution in [0.2, 0.25) is 0 Å². The lowest BCUT2D eigenvalue weighted by Gasteiger charge is -2.27. The molecule has 0 amide bonds. The first-order valence-electron chi connectivity index (χ1n) is 8.41. The van der Waals surface area contributed by atoms with Crippen molar-refractivity contribution in [1.29, 1.82) is 5.26 Å². The number of benzene rings is 3. The second-order valence-corrected chi connectivity index (χ2v) is 9.74. The highest BCUT2D eigenvalue weighted by Crippen LogP contribution is 2.43. The summed E-state index contributed by atoms with van der Waals surface area (Å²) in [6, 6.07) is 28.3. The molecule has 0 aliphatic carbocycles. The molecule has 3 aromatic rings. The highest BCUT2D eigenvalue weighted by atomic mass is 31.2. The Bertz CT molecular complexity index is 839. The van der Waals surface area contributed by atoms with E-state index in [0.29, 0.717) is 0 Å². The van der Waals surface area contributed by atoms with Crippen LogP contribution in [0.1, 0.15) is 16.7 Å². The standard InChI is InChI=1S/C23H22NP/c1-18-4-10-21(11-5-18)25(17-16-24,22-12-6-19(2)7-13-22)23-14-8-20(3)9-15-23/h4-15,17H,1-3H3. The van der Waals surface area contributed by atoms with Crippen molar-refractivity contribution >= 4 is 28.6 Å². The Morgan fingerprint density at radius 1 is 0.600 bits per heavy atom. The molecule has 0 atom stereocenters. The van der Waals surface area contributed by atoms with Gasteiger partial charge >= 0.3 is 0 Å². The molecule has 0 saturated carbocycles. The summed E-state index contributed by atoms with van der Waals surface area (Å²) in [5.41, 5.74) is 3.69. The van der Waals surface area contributed by atoms with Gasteiger partial charge in [-0.05, 0) is 43.6 Å². The monoisotopic (exact) mass is 343 g/mol. The van der Waals surface area contributed by atoms with Gasteiger partial charge in [0.25, 0.3) is 0 Å². The van der Waals surface area contributed by atoms with Crippen molar-refractivity contribution in [2.45, 2.75) is 20.8 Å². The average molecular weight is 343 g/mol. The predicted octanol–water partition coefficient (Wildman–Crippen LogP) is 4.23. The molecule has 0 aliphatic rings. The molecule has 0 unspecified atom stereocenters. The van der Waals surface area contributed by atoms with E-state index in [9.17, 15) is 5.26 Å². The number of nitrogens with zero attached hydrogens (tertiary/aromatic N) is 1. The van der Waals surface area contributed by atoms with Gasteiger partial charge in [-0.15, -0.1) is 0 Å². The molecule has 0 N–H and O–H groups in total. The van der Waals surface area contributed by atoms with Crippen molar-refractivity contribution < 1.29 is 0 Å². The van der Waals surface area contributed by atoms with Crippen LogP contribution in [0.3, 0.4) is 0 Å². The van der Waals surface area contributed by atoms with Gasteiger partial charge in [-0.1, -0.05) is 89.5 Å². The van der Waals surface area contributed by atoms with Crippen LogP contribution in [-0.4, -0.2) is 5.80 Å². The Balaban J connectivity index is 2.38. The van der Waals surface area contributed by atoms with E-state index in [1.807, 2.05) is 5.80 Å². The largest absolute Gasteiger partial charge is 0.193 e. The first-order chi connectivity index (χ1) is 12.1. The summed E-state index contributed by atoms with van der Waals surface area (Å²) in [4.78, 5) is 0. The number of hydrogen-bond donors (Lipinski definition) is 0. The van der Waals surface area contributed by atoms with Crippen molar-refractivity contribution in [1.82, 2.24) is 0 Å². The average Bonchev–Trinajstić information content (AvgIpc) is 2.62. The minimum atomic E-state index is -2.10. The maximum Gasteiger partial charge on any atom is 0.0923 e. The van der Waals surface area contributed by atoms with Gasteiger partial charge in [-0.3, -0.25) is 0 Å². The molecule has 0 fully saturated rings. The van der Waals surface area contributed by atoms with E-state index in [4.69, 9.17) is 0 Å². The number of nitriles is 1. The van der Waals surface area contributed by atoms with Crippen LogP contribution in [0.15, 0.2) is 72.8 Å². The summed E-state index contributed by atoms with van der Waals surface area (Å²) >= 11 is 0. The van der Waals surface area contributed by atoms with Gasteiger partial charge in [-0.25, -0.2) is 0 Å². The summed E-state index contributed by atoms with van der Waals surface area (Å²) in [5, 5.41) is 13.3. The molecule has 0 radical (unpaired) electrons. The van der Waals surface area contributed by atoms with E-state index in [1.54, 1.807) is 0 Å². The van der Waals surface area contributed by atoms with Gasteiger partial charge in [0.1, 0.15) is 0 Å². The van der Waals surface area contributed by atoms with Crippen LogP contribution in [0.4, 0.5) is 0 Å². The normalized spacial score (nSPS) is 11.0. The van der Waals surface area contributed by atoms with Gasteiger partial charge in [0.05, 0.1) is 6.07 Å². The SMILES string of the molecule is Cc1ccc(P(=CC#N)(c2ccc(C)cc2)c2ccc(C)cc2)cc1. The van der Waals surface area contributed by atoms with E-state index in [1.165, 1.54) is 32.6 Å². The lowest BCUT2D eigenvalue weighted by Crippen LogP contribution is -2.27. The molecule has 2 heteroatoms. The smallest absolute Gasteiger partial charge is 0.0923 e. The van der Waals surface area contributed by atoms with E-state index in [-0.39, 0.29) is 0 Å². The molecule has 0 aromatic heterocycles. The molecule has 0 spiro atoms. The fourth-order valence-corrected chi connectivity index (χ4v) is 6.47. The van der Waals surface area contributed by atoms with Gasteiger partial charge < -0.3 is 0 Å². The Labute approximate surface area is 150 Å². The molecule has 1 nitrogen and oxygen atoms in total.